The van der Waals surface area contributed by atoms with E-state index in [1.807, 2.05) is 0 Å². The molecule has 0 bridgehead atoms. The van der Waals surface area contributed by atoms with Gasteiger partial charge in [0.25, 0.3) is 0 Å². The van der Waals surface area contributed by atoms with Crippen LogP contribution in [0.25, 0.3) is 0 Å². The van der Waals surface area contributed by atoms with Crippen LogP contribution in [0.5, 0.6) is 0 Å². The van der Waals surface area contributed by atoms with Crippen molar-refractivity contribution in [3.05, 3.63) is 0 Å². The highest BCUT2D eigenvalue weighted by Gasteiger charge is 2.40. The van der Waals surface area contributed by atoms with Gasteiger partial charge < -0.3 is 21.9 Å². The highest BCUT2D eigenvalue weighted by Crippen LogP contribution is 2.33. The first-order valence-electron chi connectivity index (χ1n) is 5.88. The second-order valence-electron chi connectivity index (χ2n) is 4.90. The minimum absolute atomic E-state index is 0.134. The lowest BCUT2D eigenvalue weighted by atomic mass is 9.74. The number of carbonyl (C=O) groups excluding carboxylic acids is 1. The molecule has 1 rings (SSSR count). The number of hydrogen-bond donors (Lipinski definition) is 4. The van der Waals surface area contributed by atoms with Crippen LogP contribution in [0, 0.1) is 5.92 Å². The van der Waals surface area contributed by atoms with Gasteiger partial charge in [-0.25, -0.2) is 0 Å². The van der Waals surface area contributed by atoms with Gasteiger partial charge in [0, 0.05) is 0 Å². The van der Waals surface area contributed by atoms with E-state index in [1.54, 1.807) is 7.05 Å². The van der Waals surface area contributed by atoms with Crippen molar-refractivity contribution < 1.29 is 14.7 Å². The zero-order chi connectivity index (χ0) is 13.1. The van der Waals surface area contributed by atoms with Gasteiger partial charge in [0.1, 0.15) is 5.54 Å². The first-order chi connectivity index (χ1) is 7.89. The predicted octanol–water partition coefficient (Wildman–Crippen LogP) is -0.578. The largest absolute Gasteiger partial charge is 0.480 e. The fraction of sp³-hybridized carbons (Fsp3) is 0.818. The topological polar surface area (TPSA) is 118 Å². The third-order valence-corrected chi connectivity index (χ3v) is 3.58. The van der Waals surface area contributed by atoms with Crippen LogP contribution < -0.4 is 16.8 Å². The molecule has 17 heavy (non-hydrogen) atoms. The molecular weight excluding hydrogens is 222 g/mol. The molecule has 1 amide bonds. The van der Waals surface area contributed by atoms with Gasteiger partial charge in [-0.05, 0) is 32.2 Å². The van der Waals surface area contributed by atoms with Crippen molar-refractivity contribution in [1.29, 1.82) is 0 Å². The number of primary amides is 1. The Morgan fingerprint density at radius 1 is 1.59 bits per heavy atom. The van der Waals surface area contributed by atoms with Crippen LogP contribution in [-0.2, 0) is 9.59 Å². The molecule has 3 unspecified atom stereocenters. The first-order valence-corrected chi connectivity index (χ1v) is 5.88. The average molecular weight is 243 g/mol. The van der Waals surface area contributed by atoms with Gasteiger partial charge in [0.2, 0.25) is 5.91 Å². The molecule has 3 atom stereocenters. The lowest BCUT2D eigenvalue weighted by molar-refractivity contribution is -0.145. The molecule has 0 heterocycles. The zero-order valence-corrected chi connectivity index (χ0v) is 10.1. The number of likely N-dealkylation sites (N-methyl/N-ethyl adjacent to an activating group) is 1. The van der Waals surface area contributed by atoms with Crippen molar-refractivity contribution in [2.24, 2.45) is 17.4 Å². The van der Waals surface area contributed by atoms with Gasteiger partial charge in [0.15, 0.2) is 0 Å². The maximum atomic E-state index is 11.1. The summed E-state index contributed by atoms with van der Waals surface area (Å²) in [5.41, 5.74) is 9.95. The number of nitrogens with two attached hydrogens (primary N) is 2. The van der Waals surface area contributed by atoms with E-state index in [2.05, 4.69) is 5.32 Å². The number of aliphatic carboxylic acids is 1. The SMILES string of the molecule is CNC(CC1CCCC(N)(C(=O)O)C1)C(N)=O. The van der Waals surface area contributed by atoms with E-state index >= 15 is 0 Å². The van der Waals surface area contributed by atoms with Crippen molar-refractivity contribution in [3.8, 4) is 0 Å². The number of carbonyl (C=O) groups is 2. The Morgan fingerprint density at radius 2 is 2.24 bits per heavy atom. The van der Waals surface area contributed by atoms with Crippen LogP contribution >= 0.6 is 0 Å². The van der Waals surface area contributed by atoms with Crippen molar-refractivity contribution in [2.45, 2.75) is 43.7 Å². The predicted molar refractivity (Wildman–Crippen MR) is 63.2 cm³/mol. The van der Waals surface area contributed by atoms with E-state index in [0.29, 0.717) is 19.3 Å². The molecule has 1 fully saturated rings. The third kappa shape index (κ3) is 3.41. The summed E-state index contributed by atoms with van der Waals surface area (Å²) in [5.74, 6) is -1.23. The molecular formula is C11H21N3O3. The maximum Gasteiger partial charge on any atom is 0.323 e. The number of hydrogen-bond acceptors (Lipinski definition) is 4. The van der Waals surface area contributed by atoms with Gasteiger partial charge in [-0.15, -0.1) is 0 Å². The molecule has 0 aromatic carbocycles. The van der Waals surface area contributed by atoms with Gasteiger partial charge in [-0.2, -0.15) is 0 Å². The molecule has 6 nitrogen and oxygen atoms in total. The molecule has 6 heteroatoms. The quantitative estimate of drug-likeness (QED) is 0.515. The van der Waals surface area contributed by atoms with Crippen LogP contribution in [0.1, 0.15) is 32.1 Å². The van der Waals surface area contributed by atoms with Crippen molar-refractivity contribution >= 4 is 11.9 Å². The van der Waals surface area contributed by atoms with Gasteiger partial charge in [-0.1, -0.05) is 12.8 Å². The Bertz CT molecular complexity index is 308. The van der Waals surface area contributed by atoms with Gasteiger partial charge in [0.05, 0.1) is 6.04 Å². The van der Waals surface area contributed by atoms with E-state index in [0.717, 1.165) is 12.8 Å². The Morgan fingerprint density at radius 3 is 2.71 bits per heavy atom. The molecule has 0 aromatic rings. The van der Waals surface area contributed by atoms with Crippen molar-refractivity contribution in [1.82, 2.24) is 5.32 Å². The third-order valence-electron chi connectivity index (χ3n) is 3.58. The van der Waals surface area contributed by atoms with E-state index < -0.39 is 23.5 Å². The summed E-state index contributed by atoms with van der Waals surface area (Å²) in [5, 5.41) is 11.9. The number of carboxylic acid groups (broad SMARTS) is 1. The lowest BCUT2D eigenvalue weighted by Gasteiger charge is -2.35. The van der Waals surface area contributed by atoms with E-state index in [9.17, 15) is 9.59 Å². The van der Waals surface area contributed by atoms with Crippen LogP contribution in [0.4, 0.5) is 0 Å². The highest BCUT2D eigenvalue weighted by atomic mass is 16.4. The molecule has 98 valence electrons. The fourth-order valence-corrected chi connectivity index (χ4v) is 2.53. The van der Waals surface area contributed by atoms with E-state index in [1.165, 1.54) is 0 Å². The summed E-state index contributed by atoms with van der Waals surface area (Å²) < 4.78 is 0. The molecule has 0 saturated heterocycles. The summed E-state index contributed by atoms with van der Waals surface area (Å²) >= 11 is 0. The summed E-state index contributed by atoms with van der Waals surface area (Å²) in [7, 11) is 1.67. The molecule has 1 aliphatic carbocycles. The molecule has 6 N–H and O–H groups in total. The molecule has 0 aliphatic heterocycles. The molecule has 1 saturated carbocycles. The lowest BCUT2D eigenvalue weighted by Crippen LogP contribution is -2.52. The summed E-state index contributed by atoms with van der Waals surface area (Å²) in [6.07, 6.45) is 3.14. The normalized spacial score (nSPS) is 30.8. The van der Waals surface area contributed by atoms with Crippen LogP contribution in [-0.4, -0.2) is 35.6 Å². The van der Waals surface area contributed by atoms with Crippen LogP contribution in [0.15, 0.2) is 0 Å². The Labute approximate surface area is 101 Å². The smallest absolute Gasteiger partial charge is 0.323 e. The molecule has 0 radical (unpaired) electrons. The van der Waals surface area contributed by atoms with Gasteiger partial charge >= 0.3 is 5.97 Å². The Balaban J connectivity index is 2.61. The molecule has 0 aromatic heterocycles. The second kappa shape index (κ2) is 5.46. The summed E-state index contributed by atoms with van der Waals surface area (Å²) in [6.45, 7) is 0. The zero-order valence-electron chi connectivity index (χ0n) is 10.1. The summed E-state index contributed by atoms with van der Waals surface area (Å²) in [6, 6.07) is -0.406. The van der Waals surface area contributed by atoms with Gasteiger partial charge in [-0.3, -0.25) is 9.59 Å². The average Bonchev–Trinajstić information content (AvgIpc) is 2.25. The number of nitrogens with one attached hydrogen (secondary N) is 1. The molecule has 1 aliphatic rings. The van der Waals surface area contributed by atoms with Crippen LogP contribution in [0.2, 0.25) is 0 Å². The number of amides is 1. The highest BCUT2D eigenvalue weighted by molar-refractivity contribution is 5.80. The fourth-order valence-electron chi connectivity index (χ4n) is 2.53. The number of carboxylic acids is 1. The maximum absolute atomic E-state index is 11.1. The minimum Gasteiger partial charge on any atom is -0.480 e. The van der Waals surface area contributed by atoms with Crippen molar-refractivity contribution in [3.63, 3.8) is 0 Å². The standard InChI is InChI=1S/C11H21N3O3/c1-14-8(9(12)15)5-7-3-2-4-11(13,6-7)10(16)17/h7-8,14H,2-6,13H2,1H3,(H2,12,15)(H,16,17). The van der Waals surface area contributed by atoms with E-state index in [-0.39, 0.29) is 5.92 Å². The number of rotatable bonds is 5. The van der Waals surface area contributed by atoms with Crippen LogP contribution in [0.3, 0.4) is 0 Å². The minimum atomic E-state index is -1.14. The first kappa shape index (κ1) is 13.9. The Kier molecular flexibility index (Phi) is 4.47. The summed E-state index contributed by atoms with van der Waals surface area (Å²) in [4.78, 5) is 22.2. The Hall–Kier alpha value is -1.14. The molecule has 0 spiro atoms. The second-order valence-corrected chi connectivity index (χ2v) is 4.90. The monoisotopic (exact) mass is 243 g/mol. The van der Waals surface area contributed by atoms with Crippen molar-refractivity contribution in [2.75, 3.05) is 7.05 Å². The van der Waals surface area contributed by atoms with E-state index in [4.69, 9.17) is 16.6 Å².